The zero-order valence-corrected chi connectivity index (χ0v) is 25.3. The van der Waals surface area contributed by atoms with Crippen LogP contribution >= 0.6 is 0 Å². The number of benzene rings is 2. The van der Waals surface area contributed by atoms with Crippen LogP contribution in [0.1, 0.15) is 74.5 Å². The molecule has 0 unspecified atom stereocenters. The van der Waals surface area contributed by atoms with E-state index in [0.717, 1.165) is 66.8 Å². The number of fused-ring (bicyclic) bond motifs is 5. The highest BCUT2D eigenvalue weighted by atomic mass is 16.5. The maximum absolute atomic E-state index is 14.2. The Morgan fingerprint density at radius 2 is 1.76 bits per heavy atom. The minimum absolute atomic E-state index is 0.284. The molecule has 9 nitrogen and oxygen atoms in total. The number of para-hydroxylation sites is 1. The third-order valence-electron chi connectivity index (χ3n) is 8.75. The van der Waals surface area contributed by atoms with Gasteiger partial charge in [-0.15, -0.1) is 0 Å². The molecule has 0 aliphatic carbocycles. The van der Waals surface area contributed by atoms with E-state index < -0.39 is 11.6 Å². The highest BCUT2D eigenvalue weighted by molar-refractivity contribution is 6.25. The van der Waals surface area contributed by atoms with Gasteiger partial charge in [-0.2, -0.15) is 0 Å². The van der Waals surface area contributed by atoms with Crippen LogP contribution in [0.3, 0.4) is 0 Å². The van der Waals surface area contributed by atoms with Crippen molar-refractivity contribution >= 4 is 34.4 Å². The number of urea groups is 1. The minimum Gasteiger partial charge on any atom is -0.497 e. The van der Waals surface area contributed by atoms with Gasteiger partial charge in [0.1, 0.15) is 5.75 Å². The number of nitrogens with zero attached hydrogens (tertiary/aromatic N) is 3. The van der Waals surface area contributed by atoms with E-state index in [0.29, 0.717) is 30.8 Å². The van der Waals surface area contributed by atoms with Crippen molar-refractivity contribution in [3.05, 3.63) is 59.3 Å². The maximum atomic E-state index is 14.2. The van der Waals surface area contributed by atoms with E-state index in [9.17, 15) is 14.4 Å². The topological polar surface area (TPSA) is 98.0 Å². The van der Waals surface area contributed by atoms with Crippen LogP contribution in [0.2, 0.25) is 0 Å². The molecule has 9 heteroatoms. The lowest BCUT2D eigenvalue weighted by molar-refractivity contribution is -0.125. The Hall–Kier alpha value is -3.85. The van der Waals surface area contributed by atoms with Crippen LogP contribution in [0, 0.1) is 0 Å². The molecule has 1 fully saturated rings. The van der Waals surface area contributed by atoms with Crippen LogP contribution in [0.15, 0.2) is 42.5 Å². The number of ether oxygens (including phenoxy) is 1. The standard InChI is InChI=1S/C33H43N5O4/c1-5-7-18-36(19-8-6-2)20-11-17-34-30(39)25-12-9-10-13-28(25)38-31(40)33(3)29-24(16-21-37(33)32(38)41)26-22-23(42-4)14-15-27(26)35-29/h9-10,12-15,22,35H,5-8,11,16-21H2,1-4H3,(H,34,39)/t33-/m0/s1. The Bertz CT molecular complexity index is 1460. The van der Waals surface area contributed by atoms with Crippen LogP contribution in [0.5, 0.6) is 5.75 Å². The average Bonchev–Trinajstić information content (AvgIpc) is 3.48. The summed E-state index contributed by atoms with van der Waals surface area (Å²) in [6.07, 6.45) is 6.12. The third kappa shape index (κ3) is 5.26. The van der Waals surface area contributed by atoms with Gasteiger partial charge in [0.2, 0.25) is 0 Å². The molecule has 0 saturated carbocycles. The van der Waals surface area contributed by atoms with Crippen molar-refractivity contribution in [3.8, 4) is 5.75 Å². The zero-order chi connectivity index (χ0) is 29.9. The fourth-order valence-corrected chi connectivity index (χ4v) is 6.32. The van der Waals surface area contributed by atoms with Gasteiger partial charge in [-0.05, 0) is 88.1 Å². The predicted octanol–water partition coefficient (Wildman–Crippen LogP) is 5.44. The molecule has 3 aromatic rings. The van der Waals surface area contributed by atoms with Gasteiger partial charge in [0, 0.05) is 24.0 Å². The highest BCUT2D eigenvalue weighted by Gasteiger charge is 2.59. The molecular formula is C33H43N5O4. The largest absolute Gasteiger partial charge is 0.497 e. The van der Waals surface area contributed by atoms with Crippen molar-refractivity contribution in [3.63, 3.8) is 0 Å². The van der Waals surface area contributed by atoms with Crippen LogP contribution in [0.25, 0.3) is 10.9 Å². The number of nitrogens with one attached hydrogen (secondary N) is 2. The van der Waals surface area contributed by atoms with Crippen LogP contribution in [-0.2, 0) is 16.8 Å². The highest BCUT2D eigenvalue weighted by Crippen LogP contribution is 2.46. The van der Waals surface area contributed by atoms with E-state index in [1.807, 2.05) is 18.2 Å². The predicted molar refractivity (Wildman–Crippen MR) is 165 cm³/mol. The van der Waals surface area contributed by atoms with E-state index in [1.54, 1.807) is 43.2 Å². The molecule has 5 rings (SSSR count). The lowest BCUT2D eigenvalue weighted by Crippen LogP contribution is -2.49. The molecule has 2 aromatic carbocycles. The summed E-state index contributed by atoms with van der Waals surface area (Å²) in [5.41, 5.74) is 2.05. The van der Waals surface area contributed by atoms with Crippen molar-refractivity contribution in [2.45, 2.75) is 64.8 Å². The first-order valence-corrected chi connectivity index (χ1v) is 15.3. The molecule has 2 aliphatic rings. The Labute approximate surface area is 248 Å². The fourth-order valence-electron chi connectivity index (χ4n) is 6.32. The second-order valence-corrected chi connectivity index (χ2v) is 11.5. The van der Waals surface area contributed by atoms with E-state index in [1.165, 1.54) is 17.7 Å². The summed E-state index contributed by atoms with van der Waals surface area (Å²) in [4.78, 5) is 50.1. The van der Waals surface area contributed by atoms with E-state index >= 15 is 0 Å². The third-order valence-corrected chi connectivity index (χ3v) is 8.75. The number of unbranched alkanes of at least 4 members (excludes halogenated alkanes) is 2. The van der Waals surface area contributed by atoms with Crippen LogP contribution < -0.4 is 15.0 Å². The van der Waals surface area contributed by atoms with E-state index in [2.05, 4.69) is 29.0 Å². The number of imide groups is 1. The molecule has 0 bridgehead atoms. The SMILES string of the molecule is CCCCN(CCCC)CCCNC(=O)c1ccccc1N1C(=O)N2CCc3c([nH]c4ccc(OC)cc34)[C@@]2(C)C1=O. The normalized spacial score (nSPS) is 18.1. The number of anilines is 1. The first-order valence-electron chi connectivity index (χ1n) is 15.3. The lowest BCUT2D eigenvalue weighted by atomic mass is 9.87. The number of hydrogen-bond donors (Lipinski definition) is 2. The van der Waals surface area contributed by atoms with Gasteiger partial charge in [0.05, 0.1) is 24.1 Å². The molecule has 1 saturated heterocycles. The molecule has 1 atom stereocenters. The number of aromatic amines is 1. The molecule has 3 heterocycles. The lowest BCUT2D eigenvalue weighted by Gasteiger charge is -2.35. The summed E-state index contributed by atoms with van der Waals surface area (Å²) in [7, 11) is 1.63. The molecule has 1 aromatic heterocycles. The summed E-state index contributed by atoms with van der Waals surface area (Å²) < 4.78 is 5.43. The Balaban J connectivity index is 1.35. The number of methoxy groups -OCH3 is 1. The zero-order valence-electron chi connectivity index (χ0n) is 25.3. The summed E-state index contributed by atoms with van der Waals surface area (Å²) >= 11 is 0. The van der Waals surface area contributed by atoms with E-state index in [-0.39, 0.29) is 11.8 Å². The number of carbonyl (C=O) groups excluding carboxylic acids is 3. The Morgan fingerprint density at radius 3 is 2.48 bits per heavy atom. The quantitative estimate of drug-likeness (QED) is 0.210. The number of amides is 4. The molecule has 2 N–H and O–H groups in total. The Kier molecular flexibility index (Phi) is 8.87. The van der Waals surface area contributed by atoms with Gasteiger partial charge >= 0.3 is 6.03 Å². The smallest absolute Gasteiger partial charge is 0.332 e. The van der Waals surface area contributed by atoms with Gasteiger partial charge < -0.3 is 24.8 Å². The second-order valence-electron chi connectivity index (χ2n) is 11.5. The minimum atomic E-state index is -1.21. The number of aromatic nitrogens is 1. The number of carbonyl (C=O) groups is 3. The van der Waals surface area contributed by atoms with Gasteiger partial charge in [0.25, 0.3) is 11.8 Å². The van der Waals surface area contributed by atoms with Gasteiger partial charge in [-0.25, -0.2) is 9.69 Å². The number of H-pyrrole nitrogens is 1. The maximum Gasteiger partial charge on any atom is 0.332 e. The average molecular weight is 574 g/mol. The summed E-state index contributed by atoms with van der Waals surface area (Å²) in [5, 5.41) is 4.02. The molecule has 0 radical (unpaired) electrons. The van der Waals surface area contributed by atoms with Gasteiger partial charge in [-0.1, -0.05) is 38.8 Å². The summed E-state index contributed by atoms with van der Waals surface area (Å²) in [6, 6.07) is 12.3. The Morgan fingerprint density at radius 1 is 1.05 bits per heavy atom. The van der Waals surface area contributed by atoms with Crippen molar-refractivity contribution in [2.24, 2.45) is 0 Å². The number of rotatable bonds is 13. The molecule has 224 valence electrons. The summed E-state index contributed by atoms with van der Waals surface area (Å²) in [5.74, 6) is 0.0879. The first-order chi connectivity index (χ1) is 20.3. The van der Waals surface area contributed by atoms with Gasteiger partial charge in [-0.3, -0.25) is 9.59 Å². The molecule has 0 spiro atoms. The molecular weight excluding hydrogens is 530 g/mol. The van der Waals surface area contributed by atoms with Gasteiger partial charge in [0.15, 0.2) is 5.54 Å². The van der Waals surface area contributed by atoms with Crippen molar-refractivity contribution < 1.29 is 19.1 Å². The van der Waals surface area contributed by atoms with Crippen LogP contribution in [-0.4, -0.2) is 72.5 Å². The monoisotopic (exact) mass is 573 g/mol. The molecule has 4 amide bonds. The van der Waals surface area contributed by atoms with E-state index in [4.69, 9.17) is 4.74 Å². The van der Waals surface area contributed by atoms with Crippen molar-refractivity contribution in [1.29, 1.82) is 0 Å². The van der Waals surface area contributed by atoms with Crippen molar-refractivity contribution in [1.82, 2.24) is 20.1 Å². The fraction of sp³-hybridized carbons (Fsp3) is 0.485. The molecule has 2 aliphatic heterocycles. The van der Waals surface area contributed by atoms with Crippen LogP contribution in [0.4, 0.5) is 10.5 Å². The second kappa shape index (κ2) is 12.6. The van der Waals surface area contributed by atoms with Crippen molar-refractivity contribution in [2.75, 3.05) is 44.7 Å². The molecule has 42 heavy (non-hydrogen) atoms. The first kappa shape index (κ1) is 29.6. The number of hydrogen-bond acceptors (Lipinski definition) is 5. The summed E-state index contributed by atoms with van der Waals surface area (Å²) in [6.45, 7) is 10.2.